The quantitative estimate of drug-likeness (QED) is 0.761. The fourth-order valence-corrected chi connectivity index (χ4v) is 3.35. The Morgan fingerprint density at radius 3 is 2.37 bits per heavy atom. The lowest BCUT2D eigenvalue weighted by molar-refractivity contribution is -0.275. The number of ether oxygens (including phenoxy) is 5. The van der Waals surface area contributed by atoms with Crippen molar-refractivity contribution < 1.29 is 23.7 Å². The first-order chi connectivity index (χ1) is 13.1. The molecule has 0 amide bonds. The Bertz CT molecular complexity index is 794. The summed E-state index contributed by atoms with van der Waals surface area (Å²) in [7, 11) is 1.65. The zero-order chi connectivity index (χ0) is 18.8. The van der Waals surface area contributed by atoms with Crippen LogP contribution in [0.5, 0.6) is 11.5 Å². The van der Waals surface area contributed by atoms with Crippen LogP contribution < -0.4 is 9.47 Å². The van der Waals surface area contributed by atoms with Gasteiger partial charge in [0.15, 0.2) is 6.29 Å². The summed E-state index contributed by atoms with van der Waals surface area (Å²) in [5.41, 5.74) is 3.13. The first kappa shape index (κ1) is 18.0. The third kappa shape index (κ3) is 3.86. The molecule has 2 aliphatic rings. The Morgan fingerprint density at radius 2 is 1.67 bits per heavy atom. The lowest BCUT2D eigenvalue weighted by Gasteiger charge is -2.39. The van der Waals surface area contributed by atoms with Gasteiger partial charge in [0.1, 0.15) is 23.7 Å². The van der Waals surface area contributed by atoms with Crippen molar-refractivity contribution in [2.75, 3.05) is 13.7 Å². The first-order valence-electron chi connectivity index (χ1n) is 9.12. The molecule has 2 heterocycles. The normalized spacial score (nSPS) is 27.1. The van der Waals surface area contributed by atoms with Gasteiger partial charge in [-0.05, 0) is 43.2 Å². The van der Waals surface area contributed by atoms with E-state index in [1.165, 1.54) is 0 Å². The molecule has 5 nitrogen and oxygen atoms in total. The molecule has 1 fully saturated rings. The van der Waals surface area contributed by atoms with E-state index in [0.29, 0.717) is 6.61 Å². The number of hydrogen-bond acceptors (Lipinski definition) is 5. The van der Waals surface area contributed by atoms with Gasteiger partial charge in [0.25, 0.3) is 0 Å². The van der Waals surface area contributed by atoms with Gasteiger partial charge < -0.3 is 23.7 Å². The molecular formula is C22H24O5. The van der Waals surface area contributed by atoms with E-state index >= 15 is 0 Å². The maximum atomic E-state index is 6.07. The molecule has 0 bridgehead atoms. The fraction of sp³-hybridized carbons (Fsp3) is 0.364. The van der Waals surface area contributed by atoms with E-state index in [1.54, 1.807) is 7.11 Å². The van der Waals surface area contributed by atoms with E-state index in [0.717, 1.165) is 28.2 Å². The molecule has 2 aromatic carbocycles. The summed E-state index contributed by atoms with van der Waals surface area (Å²) in [6.45, 7) is 4.51. The minimum Gasteiger partial charge on any atom is -0.497 e. The third-order valence-electron chi connectivity index (χ3n) is 4.86. The highest BCUT2D eigenvalue weighted by atomic mass is 16.7. The molecular weight excluding hydrogens is 344 g/mol. The fourth-order valence-electron chi connectivity index (χ4n) is 3.35. The maximum absolute atomic E-state index is 6.07. The van der Waals surface area contributed by atoms with Crippen LogP contribution in [0.25, 0.3) is 0 Å². The summed E-state index contributed by atoms with van der Waals surface area (Å²) < 4.78 is 29.2. The van der Waals surface area contributed by atoms with E-state index in [1.807, 2.05) is 68.5 Å². The Labute approximate surface area is 159 Å². The van der Waals surface area contributed by atoms with E-state index in [2.05, 4.69) is 0 Å². The van der Waals surface area contributed by atoms with Crippen molar-refractivity contribution >= 4 is 0 Å². The molecule has 0 aromatic heterocycles. The molecule has 1 unspecified atom stereocenters. The van der Waals surface area contributed by atoms with Crippen LogP contribution in [0.3, 0.4) is 0 Å². The molecule has 0 radical (unpaired) electrons. The molecule has 0 spiro atoms. The molecule has 142 valence electrons. The third-order valence-corrected chi connectivity index (χ3v) is 4.86. The topological polar surface area (TPSA) is 46.2 Å². The van der Waals surface area contributed by atoms with E-state index < -0.39 is 12.6 Å². The minimum absolute atomic E-state index is 0.163. The summed E-state index contributed by atoms with van der Waals surface area (Å²) in [6, 6.07) is 13.8. The smallest absolute Gasteiger partial charge is 0.220 e. The summed E-state index contributed by atoms with van der Waals surface area (Å²) in [5.74, 6) is 1.67. The molecule has 0 N–H and O–H groups in total. The molecule has 2 aromatic rings. The summed E-state index contributed by atoms with van der Waals surface area (Å²) in [4.78, 5) is 0. The van der Waals surface area contributed by atoms with Crippen molar-refractivity contribution in [2.45, 2.75) is 38.6 Å². The zero-order valence-corrected chi connectivity index (χ0v) is 15.8. The van der Waals surface area contributed by atoms with Crippen molar-refractivity contribution in [1.29, 1.82) is 0 Å². The van der Waals surface area contributed by atoms with Gasteiger partial charge in [0.05, 0.1) is 13.7 Å². The molecule has 5 heteroatoms. The monoisotopic (exact) mass is 368 g/mol. The van der Waals surface area contributed by atoms with Crippen molar-refractivity contribution in [1.82, 2.24) is 0 Å². The van der Waals surface area contributed by atoms with Crippen LogP contribution in [-0.2, 0) is 14.2 Å². The van der Waals surface area contributed by atoms with Crippen molar-refractivity contribution in [3.63, 3.8) is 0 Å². The van der Waals surface area contributed by atoms with Crippen LogP contribution >= 0.6 is 0 Å². The molecule has 0 saturated carbocycles. The minimum atomic E-state index is -0.448. The summed E-state index contributed by atoms with van der Waals surface area (Å²) >= 11 is 0. The Morgan fingerprint density at radius 1 is 0.926 bits per heavy atom. The molecule has 4 rings (SSSR count). The summed E-state index contributed by atoms with van der Waals surface area (Å²) in [6.07, 6.45) is 2.69. The van der Waals surface area contributed by atoms with Crippen LogP contribution in [0.15, 0.2) is 54.6 Å². The lowest BCUT2D eigenvalue weighted by atomic mass is 10.1. The van der Waals surface area contributed by atoms with Crippen LogP contribution in [0.4, 0.5) is 0 Å². The van der Waals surface area contributed by atoms with Gasteiger partial charge in [-0.1, -0.05) is 36.4 Å². The van der Waals surface area contributed by atoms with Crippen LogP contribution in [0, 0.1) is 13.8 Å². The van der Waals surface area contributed by atoms with Gasteiger partial charge in [0, 0.05) is 5.56 Å². The second kappa shape index (κ2) is 7.72. The molecule has 1 saturated heterocycles. The highest BCUT2D eigenvalue weighted by Gasteiger charge is 2.36. The molecule has 0 aliphatic carbocycles. The predicted molar refractivity (Wildman–Crippen MR) is 101 cm³/mol. The second-order valence-electron chi connectivity index (χ2n) is 6.81. The lowest BCUT2D eigenvalue weighted by Crippen LogP contribution is -2.46. The molecule has 27 heavy (non-hydrogen) atoms. The van der Waals surface area contributed by atoms with Crippen molar-refractivity contribution in [3.8, 4) is 11.5 Å². The Hall–Kier alpha value is -2.34. The highest BCUT2D eigenvalue weighted by Crippen LogP contribution is 2.33. The average Bonchev–Trinajstić information content (AvgIpc) is 2.70. The Kier molecular flexibility index (Phi) is 5.16. The number of benzene rings is 2. The highest BCUT2D eigenvalue weighted by molar-refractivity contribution is 5.40. The zero-order valence-electron chi connectivity index (χ0n) is 15.8. The number of fused-ring (bicyclic) bond motifs is 1. The second-order valence-corrected chi connectivity index (χ2v) is 6.81. The first-order valence-corrected chi connectivity index (χ1v) is 9.12. The number of rotatable bonds is 4. The van der Waals surface area contributed by atoms with Gasteiger partial charge in [0.2, 0.25) is 6.29 Å². The number of hydrogen-bond donors (Lipinski definition) is 0. The number of para-hydroxylation sites is 1. The van der Waals surface area contributed by atoms with Gasteiger partial charge in [-0.2, -0.15) is 0 Å². The molecule has 2 aliphatic heterocycles. The van der Waals surface area contributed by atoms with Crippen molar-refractivity contribution in [2.24, 2.45) is 0 Å². The Balaban J connectivity index is 1.42. The molecule has 4 atom stereocenters. The van der Waals surface area contributed by atoms with Crippen molar-refractivity contribution in [3.05, 3.63) is 71.3 Å². The standard InChI is InChI=1S/C22H24O5/c1-14-5-4-6-15(2)21(14)27-20-12-11-18-19(25-20)13-24-22(26-18)16-7-9-17(23-3)10-8-16/h4-12,18-20,22H,13H2,1-3H3/t18-,19+,20-,22?/m0/s1. The summed E-state index contributed by atoms with van der Waals surface area (Å²) in [5, 5.41) is 0. The van der Waals surface area contributed by atoms with Crippen LogP contribution in [0.2, 0.25) is 0 Å². The largest absolute Gasteiger partial charge is 0.497 e. The van der Waals surface area contributed by atoms with Crippen LogP contribution in [-0.4, -0.2) is 32.2 Å². The maximum Gasteiger partial charge on any atom is 0.220 e. The van der Waals surface area contributed by atoms with E-state index in [9.17, 15) is 0 Å². The number of methoxy groups -OCH3 is 1. The average molecular weight is 368 g/mol. The van der Waals surface area contributed by atoms with Gasteiger partial charge in [-0.3, -0.25) is 0 Å². The van der Waals surface area contributed by atoms with Crippen LogP contribution in [0.1, 0.15) is 23.0 Å². The van der Waals surface area contributed by atoms with Gasteiger partial charge >= 0.3 is 0 Å². The SMILES string of the molecule is COc1ccc(C2OC[C@H]3O[C@@H](Oc4c(C)cccc4C)C=C[C@@H]3O2)cc1. The predicted octanol–water partition coefficient (Wildman–Crippen LogP) is 4.09. The van der Waals surface area contributed by atoms with Gasteiger partial charge in [-0.25, -0.2) is 0 Å². The number of aryl methyl sites for hydroxylation is 2. The van der Waals surface area contributed by atoms with Gasteiger partial charge in [-0.15, -0.1) is 0 Å². The van der Waals surface area contributed by atoms with E-state index in [-0.39, 0.29) is 12.2 Å². The van der Waals surface area contributed by atoms with E-state index in [4.69, 9.17) is 23.7 Å².